The second-order valence-corrected chi connectivity index (χ2v) is 5.94. The maximum Gasteiger partial charge on any atom is 0.222 e. The molecular formula is C14H22N2O2S. The Morgan fingerprint density at radius 2 is 2.16 bits per heavy atom. The molecule has 0 radical (unpaired) electrons. The SMILES string of the molecule is CCCC(=O)N1CCN(C[C@@H](O)c2cccs2)CC1. The summed E-state index contributed by atoms with van der Waals surface area (Å²) in [5.74, 6) is 0.265. The molecular weight excluding hydrogens is 260 g/mol. The average molecular weight is 282 g/mol. The Balaban J connectivity index is 1.76. The van der Waals surface area contributed by atoms with Gasteiger partial charge < -0.3 is 10.0 Å². The first-order valence-electron chi connectivity index (χ1n) is 6.92. The Kier molecular flexibility index (Phi) is 5.36. The second-order valence-electron chi connectivity index (χ2n) is 4.96. The number of aliphatic hydroxyl groups is 1. The topological polar surface area (TPSA) is 43.8 Å². The number of thiophene rings is 1. The predicted octanol–water partition coefficient (Wildman–Crippen LogP) is 1.73. The first-order valence-corrected chi connectivity index (χ1v) is 7.80. The van der Waals surface area contributed by atoms with Gasteiger partial charge in [0.15, 0.2) is 0 Å². The predicted molar refractivity (Wildman–Crippen MR) is 77.2 cm³/mol. The molecule has 0 aliphatic carbocycles. The smallest absolute Gasteiger partial charge is 0.222 e. The van der Waals surface area contributed by atoms with Crippen LogP contribution in [0.2, 0.25) is 0 Å². The minimum Gasteiger partial charge on any atom is -0.386 e. The molecule has 1 saturated heterocycles. The molecule has 1 amide bonds. The van der Waals surface area contributed by atoms with Crippen LogP contribution >= 0.6 is 11.3 Å². The van der Waals surface area contributed by atoms with Crippen molar-refractivity contribution >= 4 is 17.2 Å². The van der Waals surface area contributed by atoms with Gasteiger partial charge in [-0.15, -0.1) is 11.3 Å². The maximum atomic E-state index is 11.8. The summed E-state index contributed by atoms with van der Waals surface area (Å²) in [7, 11) is 0. The molecule has 0 aromatic carbocycles. The highest BCUT2D eigenvalue weighted by atomic mass is 32.1. The lowest BCUT2D eigenvalue weighted by Crippen LogP contribution is -2.49. The van der Waals surface area contributed by atoms with Gasteiger partial charge in [0, 0.05) is 44.0 Å². The summed E-state index contributed by atoms with van der Waals surface area (Å²) < 4.78 is 0. The van der Waals surface area contributed by atoms with Gasteiger partial charge >= 0.3 is 0 Å². The minimum absolute atomic E-state index is 0.265. The third kappa shape index (κ3) is 4.03. The van der Waals surface area contributed by atoms with Crippen molar-refractivity contribution in [2.24, 2.45) is 0 Å². The minimum atomic E-state index is -0.405. The Bertz CT molecular complexity index is 386. The summed E-state index contributed by atoms with van der Waals surface area (Å²) in [4.78, 5) is 17.0. The van der Waals surface area contributed by atoms with E-state index in [4.69, 9.17) is 0 Å². The van der Waals surface area contributed by atoms with E-state index in [1.807, 2.05) is 29.3 Å². The molecule has 19 heavy (non-hydrogen) atoms. The second kappa shape index (κ2) is 7.03. The monoisotopic (exact) mass is 282 g/mol. The van der Waals surface area contributed by atoms with Gasteiger partial charge in [-0.25, -0.2) is 0 Å². The molecule has 1 aromatic rings. The molecule has 0 saturated carbocycles. The zero-order valence-corrected chi connectivity index (χ0v) is 12.2. The van der Waals surface area contributed by atoms with E-state index < -0.39 is 6.10 Å². The Labute approximate surface area is 118 Å². The molecule has 4 nitrogen and oxygen atoms in total. The van der Waals surface area contributed by atoms with Crippen LogP contribution in [0.15, 0.2) is 17.5 Å². The molecule has 2 rings (SSSR count). The van der Waals surface area contributed by atoms with Gasteiger partial charge in [-0.3, -0.25) is 9.69 Å². The molecule has 0 bridgehead atoms. The van der Waals surface area contributed by atoms with Gasteiger partial charge in [-0.1, -0.05) is 13.0 Å². The molecule has 1 N–H and O–H groups in total. The number of piperazine rings is 1. The maximum absolute atomic E-state index is 11.8. The van der Waals surface area contributed by atoms with Crippen LogP contribution in [0.25, 0.3) is 0 Å². The first kappa shape index (κ1) is 14.5. The number of carbonyl (C=O) groups excluding carboxylic acids is 1. The molecule has 1 aliphatic rings. The average Bonchev–Trinajstić information content (AvgIpc) is 2.94. The van der Waals surface area contributed by atoms with Crippen LogP contribution in [0.1, 0.15) is 30.7 Å². The molecule has 2 heterocycles. The molecule has 106 valence electrons. The number of aliphatic hydroxyl groups excluding tert-OH is 1. The molecule has 0 unspecified atom stereocenters. The van der Waals surface area contributed by atoms with E-state index in [1.54, 1.807) is 11.3 Å². The van der Waals surface area contributed by atoms with Crippen molar-refractivity contribution < 1.29 is 9.90 Å². The van der Waals surface area contributed by atoms with Crippen LogP contribution in [-0.2, 0) is 4.79 Å². The standard InChI is InChI=1S/C14H22N2O2S/c1-2-4-14(18)16-8-6-15(7-9-16)11-12(17)13-5-3-10-19-13/h3,5,10,12,17H,2,4,6-9,11H2,1H3/t12-/m1/s1. The lowest BCUT2D eigenvalue weighted by atomic mass is 10.2. The van der Waals surface area contributed by atoms with Crippen LogP contribution in [0, 0.1) is 0 Å². The highest BCUT2D eigenvalue weighted by Gasteiger charge is 2.22. The molecule has 1 aliphatic heterocycles. The van der Waals surface area contributed by atoms with Crippen LogP contribution in [-0.4, -0.2) is 53.5 Å². The van der Waals surface area contributed by atoms with Crippen molar-refractivity contribution in [2.75, 3.05) is 32.7 Å². The number of hydrogen-bond acceptors (Lipinski definition) is 4. The summed E-state index contributed by atoms with van der Waals surface area (Å²) in [6, 6.07) is 3.93. The van der Waals surface area contributed by atoms with Gasteiger partial charge in [0.1, 0.15) is 6.10 Å². The zero-order chi connectivity index (χ0) is 13.7. The molecule has 1 fully saturated rings. The van der Waals surface area contributed by atoms with E-state index in [-0.39, 0.29) is 5.91 Å². The summed E-state index contributed by atoms with van der Waals surface area (Å²) >= 11 is 1.59. The van der Waals surface area contributed by atoms with Crippen molar-refractivity contribution in [3.63, 3.8) is 0 Å². The van der Waals surface area contributed by atoms with Crippen molar-refractivity contribution in [3.05, 3.63) is 22.4 Å². The number of carbonyl (C=O) groups is 1. The fraction of sp³-hybridized carbons (Fsp3) is 0.643. The van der Waals surface area contributed by atoms with E-state index in [9.17, 15) is 9.90 Å². The number of β-amino-alcohol motifs (C(OH)–C–C–N with tert-alkyl or cyclic N) is 1. The van der Waals surface area contributed by atoms with Crippen LogP contribution in [0.4, 0.5) is 0 Å². The Morgan fingerprint density at radius 1 is 1.42 bits per heavy atom. The first-order chi connectivity index (χ1) is 9.20. The fourth-order valence-corrected chi connectivity index (χ4v) is 3.07. The van der Waals surface area contributed by atoms with E-state index in [0.29, 0.717) is 13.0 Å². The summed E-state index contributed by atoms with van der Waals surface area (Å²) in [6.45, 7) is 5.99. The van der Waals surface area contributed by atoms with Crippen LogP contribution in [0.3, 0.4) is 0 Å². The Hall–Kier alpha value is -0.910. The normalized spacial score (nSPS) is 18.5. The third-order valence-electron chi connectivity index (χ3n) is 3.49. The van der Waals surface area contributed by atoms with Crippen molar-refractivity contribution in [3.8, 4) is 0 Å². The van der Waals surface area contributed by atoms with E-state index in [2.05, 4.69) is 4.90 Å². The highest BCUT2D eigenvalue weighted by Crippen LogP contribution is 2.20. The quantitative estimate of drug-likeness (QED) is 0.894. The summed E-state index contributed by atoms with van der Waals surface area (Å²) in [5.41, 5.74) is 0. The van der Waals surface area contributed by atoms with Crippen LogP contribution < -0.4 is 0 Å². The van der Waals surface area contributed by atoms with Crippen molar-refractivity contribution in [1.29, 1.82) is 0 Å². The Morgan fingerprint density at radius 3 is 2.74 bits per heavy atom. The highest BCUT2D eigenvalue weighted by molar-refractivity contribution is 7.10. The lowest BCUT2D eigenvalue weighted by molar-refractivity contribution is -0.133. The van der Waals surface area contributed by atoms with E-state index in [0.717, 1.165) is 37.5 Å². The van der Waals surface area contributed by atoms with Crippen molar-refractivity contribution in [1.82, 2.24) is 9.80 Å². The number of amides is 1. The van der Waals surface area contributed by atoms with E-state index in [1.165, 1.54) is 0 Å². The number of rotatable bonds is 5. The molecule has 1 atom stereocenters. The number of hydrogen-bond donors (Lipinski definition) is 1. The van der Waals surface area contributed by atoms with Crippen LogP contribution in [0.5, 0.6) is 0 Å². The van der Waals surface area contributed by atoms with Crippen molar-refractivity contribution in [2.45, 2.75) is 25.9 Å². The zero-order valence-electron chi connectivity index (χ0n) is 11.4. The third-order valence-corrected chi connectivity index (χ3v) is 4.47. The molecule has 5 heteroatoms. The largest absolute Gasteiger partial charge is 0.386 e. The van der Waals surface area contributed by atoms with E-state index >= 15 is 0 Å². The lowest BCUT2D eigenvalue weighted by Gasteiger charge is -2.35. The molecule has 0 spiro atoms. The van der Waals surface area contributed by atoms with Gasteiger partial charge in [0.2, 0.25) is 5.91 Å². The summed E-state index contributed by atoms with van der Waals surface area (Å²) in [5, 5.41) is 12.1. The van der Waals surface area contributed by atoms with Gasteiger partial charge in [0.05, 0.1) is 0 Å². The van der Waals surface area contributed by atoms with Gasteiger partial charge in [-0.05, 0) is 17.9 Å². The fourth-order valence-electron chi connectivity index (χ4n) is 2.37. The molecule has 1 aromatic heterocycles. The van der Waals surface area contributed by atoms with Gasteiger partial charge in [0.25, 0.3) is 0 Å². The summed E-state index contributed by atoms with van der Waals surface area (Å²) in [6.07, 6.45) is 1.16. The van der Waals surface area contributed by atoms with Gasteiger partial charge in [-0.2, -0.15) is 0 Å². The number of nitrogens with zero attached hydrogens (tertiary/aromatic N) is 2.